The molecule has 1 aliphatic rings. The molecule has 0 amide bonds. The molecular formula is C15H9NaO2S. The summed E-state index contributed by atoms with van der Waals surface area (Å²) in [6, 6.07) is 13.1. The summed E-state index contributed by atoms with van der Waals surface area (Å²) in [5, 5.41) is 13.2. The van der Waals surface area contributed by atoms with E-state index in [2.05, 4.69) is 0 Å². The maximum atomic E-state index is 11.3. The van der Waals surface area contributed by atoms with Gasteiger partial charge in [0.05, 0.1) is 5.97 Å². The van der Waals surface area contributed by atoms with E-state index in [0.717, 1.165) is 21.6 Å². The first kappa shape index (κ1) is 14.4. The molecule has 0 unspecified atom stereocenters. The SMILES string of the molecule is O=C([O-])c1cccc2c1-c1ccccc1C=CS2.[Na+]. The average molecular weight is 276 g/mol. The number of thioether (sulfide) groups is 1. The second kappa shape index (κ2) is 5.97. The quantitative estimate of drug-likeness (QED) is 0.677. The molecular weight excluding hydrogens is 267 g/mol. The predicted molar refractivity (Wildman–Crippen MR) is 71.1 cm³/mol. The molecule has 0 aliphatic carbocycles. The zero-order chi connectivity index (χ0) is 12.5. The smallest absolute Gasteiger partial charge is 0.545 e. The third kappa shape index (κ3) is 2.65. The predicted octanol–water partition coefficient (Wildman–Crippen LogP) is -0.203. The van der Waals surface area contributed by atoms with Crippen LogP contribution in [0.25, 0.3) is 17.2 Å². The first-order chi connectivity index (χ1) is 8.77. The minimum Gasteiger partial charge on any atom is -0.545 e. The van der Waals surface area contributed by atoms with Crippen molar-refractivity contribution in [3.05, 3.63) is 59.0 Å². The van der Waals surface area contributed by atoms with Gasteiger partial charge in [-0.2, -0.15) is 0 Å². The number of aromatic carboxylic acids is 1. The van der Waals surface area contributed by atoms with Crippen LogP contribution < -0.4 is 34.7 Å². The summed E-state index contributed by atoms with van der Waals surface area (Å²) in [4.78, 5) is 12.2. The Morgan fingerprint density at radius 1 is 1.05 bits per heavy atom. The van der Waals surface area contributed by atoms with E-state index >= 15 is 0 Å². The van der Waals surface area contributed by atoms with Gasteiger partial charge >= 0.3 is 29.6 Å². The Labute approximate surface area is 137 Å². The average Bonchev–Trinajstić information content (AvgIpc) is 2.57. The molecule has 0 N–H and O–H groups in total. The molecule has 19 heavy (non-hydrogen) atoms. The number of carboxylic acid groups (broad SMARTS) is 1. The van der Waals surface area contributed by atoms with Crippen LogP contribution in [-0.4, -0.2) is 5.97 Å². The normalized spacial score (nSPS) is 11.8. The summed E-state index contributed by atoms with van der Waals surface area (Å²) >= 11 is 1.53. The molecule has 0 atom stereocenters. The Hall–Kier alpha value is -1.000. The number of fused-ring (bicyclic) bond motifs is 3. The summed E-state index contributed by atoms with van der Waals surface area (Å²) in [5.74, 6) is -1.14. The van der Waals surface area contributed by atoms with Crippen molar-refractivity contribution in [2.24, 2.45) is 0 Å². The van der Waals surface area contributed by atoms with Gasteiger partial charge in [-0.05, 0) is 28.7 Å². The second-order valence-corrected chi connectivity index (χ2v) is 4.92. The third-order valence-corrected chi connectivity index (χ3v) is 3.79. The molecule has 0 fully saturated rings. The Bertz CT molecular complexity index is 665. The molecule has 1 aliphatic heterocycles. The van der Waals surface area contributed by atoms with Gasteiger partial charge in [0.1, 0.15) is 0 Å². The van der Waals surface area contributed by atoms with Crippen LogP contribution in [0.4, 0.5) is 0 Å². The molecule has 0 radical (unpaired) electrons. The molecule has 88 valence electrons. The Morgan fingerprint density at radius 2 is 1.84 bits per heavy atom. The van der Waals surface area contributed by atoms with Crippen molar-refractivity contribution in [1.82, 2.24) is 0 Å². The Kier molecular flexibility index (Phi) is 4.53. The van der Waals surface area contributed by atoms with Crippen LogP contribution in [-0.2, 0) is 0 Å². The van der Waals surface area contributed by atoms with Gasteiger partial charge in [0.15, 0.2) is 0 Å². The number of hydrogen-bond donors (Lipinski definition) is 0. The van der Waals surface area contributed by atoms with Gasteiger partial charge in [-0.25, -0.2) is 0 Å². The number of carbonyl (C=O) groups excluding carboxylic acids is 1. The van der Waals surface area contributed by atoms with Gasteiger partial charge in [0.2, 0.25) is 0 Å². The first-order valence-corrected chi connectivity index (χ1v) is 6.42. The number of carbonyl (C=O) groups is 1. The minimum absolute atomic E-state index is 0. The topological polar surface area (TPSA) is 40.1 Å². The van der Waals surface area contributed by atoms with E-state index in [1.165, 1.54) is 11.8 Å². The van der Waals surface area contributed by atoms with Crippen LogP contribution in [0.1, 0.15) is 15.9 Å². The van der Waals surface area contributed by atoms with Gasteiger partial charge in [0, 0.05) is 16.0 Å². The fourth-order valence-electron chi connectivity index (χ4n) is 2.13. The van der Waals surface area contributed by atoms with E-state index in [9.17, 15) is 9.90 Å². The number of rotatable bonds is 1. The molecule has 0 spiro atoms. The first-order valence-electron chi connectivity index (χ1n) is 5.54. The fraction of sp³-hybridized carbons (Fsp3) is 0. The zero-order valence-corrected chi connectivity index (χ0v) is 13.2. The van der Waals surface area contributed by atoms with Crippen LogP contribution >= 0.6 is 11.8 Å². The van der Waals surface area contributed by atoms with Crippen molar-refractivity contribution in [3.63, 3.8) is 0 Å². The molecule has 2 nitrogen and oxygen atoms in total. The van der Waals surface area contributed by atoms with E-state index in [1.807, 2.05) is 41.8 Å². The Balaban J connectivity index is 0.00000133. The number of carboxylic acids is 1. The molecule has 0 bridgehead atoms. The maximum Gasteiger partial charge on any atom is 1.00 e. The third-order valence-electron chi connectivity index (χ3n) is 2.92. The molecule has 0 aromatic heterocycles. The molecule has 2 aromatic carbocycles. The van der Waals surface area contributed by atoms with E-state index in [0.29, 0.717) is 0 Å². The van der Waals surface area contributed by atoms with Crippen LogP contribution in [0.2, 0.25) is 0 Å². The fourth-order valence-corrected chi connectivity index (χ4v) is 2.98. The van der Waals surface area contributed by atoms with Crippen molar-refractivity contribution in [2.75, 3.05) is 0 Å². The van der Waals surface area contributed by atoms with Crippen LogP contribution in [0.3, 0.4) is 0 Å². The second-order valence-electron chi connectivity index (χ2n) is 3.97. The van der Waals surface area contributed by atoms with Crippen molar-refractivity contribution in [3.8, 4) is 11.1 Å². The van der Waals surface area contributed by atoms with Crippen LogP contribution in [0, 0.1) is 0 Å². The molecule has 3 rings (SSSR count). The summed E-state index contributed by atoms with van der Waals surface area (Å²) in [5.41, 5.74) is 2.96. The van der Waals surface area contributed by atoms with Crippen LogP contribution in [0.5, 0.6) is 0 Å². The van der Waals surface area contributed by atoms with Crippen molar-refractivity contribution < 1.29 is 39.5 Å². The Morgan fingerprint density at radius 3 is 2.63 bits per heavy atom. The van der Waals surface area contributed by atoms with E-state index in [-0.39, 0.29) is 35.1 Å². The standard InChI is InChI=1S/C15H10O2S.Na/c16-15(17)12-6-3-7-13-14(12)11-5-2-1-4-10(11)8-9-18-13;/h1-9H,(H,16,17);/q;+1/p-1. The van der Waals surface area contributed by atoms with Crippen molar-refractivity contribution >= 4 is 23.8 Å². The molecule has 0 saturated heterocycles. The van der Waals surface area contributed by atoms with E-state index in [1.54, 1.807) is 12.1 Å². The van der Waals surface area contributed by atoms with E-state index < -0.39 is 5.97 Å². The minimum atomic E-state index is -1.14. The summed E-state index contributed by atoms with van der Waals surface area (Å²) < 4.78 is 0. The van der Waals surface area contributed by atoms with E-state index in [4.69, 9.17) is 0 Å². The maximum absolute atomic E-state index is 11.3. The molecule has 2 aromatic rings. The number of hydrogen-bond acceptors (Lipinski definition) is 3. The van der Waals surface area contributed by atoms with Gasteiger partial charge in [-0.1, -0.05) is 48.2 Å². The van der Waals surface area contributed by atoms with Crippen molar-refractivity contribution in [2.45, 2.75) is 4.90 Å². The van der Waals surface area contributed by atoms with Gasteiger partial charge in [-0.15, -0.1) is 0 Å². The largest absolute Gasteiger partial charge is 1.00 e. The van der Waals surface area contributed by atoms with Gasteiger partial charge in [0.25, 0.3) is 0 Å². The molecule has 1 heterocycles. The number of benzene rings is 2. The monoisotopic (exact) mass is 276 g/mol. The van der Waals surface area contributed by atoms with Crippen molar-refractivity contribution in [1.29, 1.82) is 0 Å². The van der Waals surface area contributed by atoms with Gasteiger partial charge in [-0.3, -0.25) is 0 Å². The zero-order valence-electron chi connectivity index (χ0n) is 10.4. The molecule has 4 heteroatoms. The summed E-state index contributed by atoms with van der Waals surface area (Å²) in [6.45, 7) is 0. The van der Waals surface area contributed by atoms with Crippen LogP contribution in [0.15, 0.2) is 52.8 Å². The summed E-state index contributed by atoms with van der Waals surface area (Å²) in [7, 11) is 0. The van der Waals surface area contributed by atoms with Gasteiger partial charge < -0.3 is 9.90 Å². The molecule has 0 saturated carbocycles. The summed E-state index contributed by atoms with van der Waals surface area (Å²) in [6.07, 6.45) is 2.00.